The maximum absolute atomic E-state index is 12.1. The number of aliphatic hydroxyl groups excluding tert-OH is 1. The molecule has 0 bridgehead atoms. The van der Waals surface area contributed by atoms with Crippen LogP contribution in [-0.2, 0) is 6.42 Å². The number of rotatable bonds is 6. The number of nitrogens with zero attached hydrogens (tertiary/aromatic N) is 2. The Balaban J connectivity index is 2.64. The number of aliphatic hydroxyl groups is 1. The van der Waals surface area contributed by atoms with Gasteiger partial charge in [-0.25, -0.2) is 18.7 Å². The first-order valence-electron chi connectivity index (χ1n) is 5.36. The lowest BCUT2D eigenvalue weighted by Crippen LogP contribution is -2.27. The number of halogens is 2. The summed E-state index contributed by atoms with van der Waals surface area (Å²) in [6, 6.07) is 1.44. The van der Waals surface area contributed by atoms with Gasteiger partial charge in [0.15, 0.2) is 0 Å². The summed E-state index contributed by atoms with van der Waals surface area (Å²) in [5.41, 5.74) is 5.55. The van der Waals surface area contributed by atoms with Gasteiger partial charge in [-0.1, -0.05) is 6.92 Å². The monoisotopic (exact) mass is 246 g/mol. The molecule has 0 aliphatic heterocycles. The minimum atomic E-state index is -2.78. The summed E-state index contributed by atoms with van der Waals surface area (Å²) < 4.78 is 24.1. The first-order chi connectivity index (χ1) is 8.02. The van der Waals surface area contributed by atoms with Gasteiger partial charge in [-0.15, -0.1) is 0 Å². The quantitative estimate of drug-likeness (QED) is 0.698. The molecule has 0 amide bonds. The number of nitrogens with one attached hydrogen (secondary N) is 1. The predicted molar refractivity (Wildman–Crippen MR) is 60.9 cm³/mol. The van der Waals surface area contributed by atoms with Gasteiger partial charge in [0.05, 0.1) is 0 Å². The van der Waals surface area contributed by atoms with E-state index in [4.69, 9.17) is 10.8 Å². The van der Waals surface area contributed by atoms with E-state index in [9.17, 15) is 8.78 Å². The molecule has 96 valence electrons. The van der Waals surface area contributed by atoms with Crippen molar-refractivity contribution in [1.29, 1.82) is 0 Å². The first-order valence-corrected chi connectivity index (χ1v) is 5.36. The van der Waals surface area contributed by atoms with Gasteiger partial charge in [-0.3, -0.25) is 0 Å². The maximum Gasteiger partial charge on any atom is 0.265 e. The van der Waals surface area contributed by atoms with Gasteiger partial charge in [0.2, 0.25) is 0 Å². The zero-order chi connectivity index (χ0) is 12.8. The molecule has 0 saturated carbocycles. The van der Waals surface area contributed by atoms with Crippen LogP contribution < -0.4 is 11.1 Å². The molecule has 0 aromatic carbocycles. The second-order valence-corrected chi connectivity index (χ2v) is 3.63. The van der Waals surface area contributed by atoms with Crippen LogP contribution in [0.25, 0.3) is 0 Å². The Morgan fingerprint density at radius 3 is 2.76 bits per heavy atom. The molecule has 0 saturated heterocycles. The standard InChI is InChI=1S/C10H16F2N4O/c1-2-3-8-15-7(13)4-9(16-8)14-5-6(17)10(11)12/h4,6,10,17H,2-3,5H2,1H3,(H3,13,14,15,16). The van der Waals surface area contributed by atoms with E-state index in [1.807, 2.05) is 6.92 Å². The molecule has 17 heavy (non-hydrogen) atoms. The lowest BCUT2D eigenvalue weighted by Gasteiger charge is -2.12. The van der Waals surface area contributed by atoms with Crippen molar-refractivity contribution in [1.82, 2.24) is 9.97 Å². The van der Waals surface area contributed by atoms with Gasteiger partial charge < -0.3 is 16.2 Å². The molecule has 0 aliphatic rings. The molecule has 1 aromatic heterocycles. The van der Waals surface area contributed by atoms with Gasteiger partial charge in [0.1, 0.15) is 23.6 Å². The number of hydrogen-bond donors (Lipinski definition) is 3. The summed E-state index contributed by atoms with van der Waals surface area (Å²) in [6.45, 7) is 1.69. The second kappa shape index (κ2) is 6.29. The van der Waals surface area contributed by atoms with E-state index in [2.05, 4.69) is 15.3 Å². The molecule has 0 fully saturated rings. The minimum absolute atomic E-state index is 0.275. The number of aromatic nitrogens is 2. The summed E-state index contributed by atoms with van der Waals surface area (Å²) in [7, 11) is 0. The third-order valence-electron chi connectivity index (χ3n) is 2.05. The van der Waals surface area contributed by atoms with E-state index in [0.717, 1.165) is 6.42 Å². The van der Waals surface area contributed by atoms with E-state index in [-0.39, 0.29) is 12.4 Å². The van der Waals surface area contributed by atoms with Crippen molar-refractivity contribution in [2.75, 3.05) is 17.6 Å². The van der Waals surface area contributed by atoms with Crippen LogP contribution in [0.4, 0.5) is 20.4 Å². The minimum Gasteiger partial charge on any atom is -0.385 e. The zero-order valence-corrected chi connectivity index (χ0v) is 9.53. The first kappa shape index (κ1) is 13.6. The van der Waals surface area contributed by atoms with Gasteiger partial charge in [0, 0.05) is 19.0 Å². The lowest BCUT2D eigenvalue weighted by molar-refractivity contribution is 0.00380. The number of nitrogens with two attached hydrogens (primary N) is 1. The van der Waals surface area contributed by atoms with Crippen LogP contribution >= 0.6 is 0 Å². The molecule has 0 spiro atoms. The predicted octanol–water partition coefficient (Wildman–Crippen LogP) is 1.05. The fourth-order valence-electron chi connectivity index (χ4n) is 1.24. The average Bonchev–Trinajstić information content (AvgIpc) is 2.25. The number of hydrogen-bond acceptors (Lipinski definition) is 5. The Kier molecular flexibility index (Phi) is 5.02. The molecule has 0 aliphatic carbocycles. The largest absolute Gasteiger partial charge is 0.385 e. The lowest BCUT2D eigenvalue weighted by atomic mass is 10.3. The van der Waals surface area contributed by atoms with Crippen LogP contribution in [0.3, 0.4) is 0 Å². The van der Waals surface area contributed by atoms with Crippen molar-refractivity contribution in [3.05, 3.63) is 11.9 Å². The highest BCUT2D eigenvalue weighted by Crippen LogP contribution is 2.10. The van der Waals surface area contributed by atoms with Crippen molar-refractivity contribution in [2.45, 2.75) is 32.3 Å². The Hall–Kier alpha value is -1.50. The molecule has 5 nitrogen and oxygen atoms in total. The molecule has 1 atom stereocenters. The van der Waals surface area contributed by atoms with Crippen molar-refractivity contribution < 1.29 is 13.9 Å². The van der Waals surface area contributed by atoms with Crippen molar-refractivity contribution >= 4 is 11.6 Å². The van der Waals surface area contributed by atoms with Crippen molar-refractivity contribution in [2.24, 2.45) is 0 Å². The number of nitrogen functional groups attached to an aromatic ring is 1. The fourth-order valence-corrected chi connectivity index (χ4v) is 1.24. The Labute approximate surface area is 98.1 Å². The molecule has 1 aromatic rings. The maximum atomic E-state index is 12.1. The number of aryl methyl sites for hydroxylation is 1. The molecule has 0 radical (unpaired) electrons. The van der Waals surface area contributed by atoms with Crippen LogP contribution in [0.5, 0.6) is 0 Å². The Bertz CT molecular complexity index is 362. The van der Waals surface area contributed by atoms with Gasteiger partial charge in [-0.05, 0) is 6.42 Å². The van der Waals surface area contributed by atoms with E-state index in [0.29, 0.717) is 18.1 Å². The normalized spacial score (nSPS) is 12.8. The van der Waals surface area contributed by atoms with Crippen LogP contribution in [0.2, 0.25) is 0 Å². The SMILES string of the molecule is CCCc1nc(N)cc(NCC(O)C(F)F)n1. The second-order valence-electron chi connectivity index (χ2n) is 3.63. The fraction of sp³-hybridized carbons (Fsp3) is 0.600. The average molecular weight is 246 g/mol. The Morgan fingerprint density at radius 1 is 1.47 bits per heavy atom. The summed E-state index contributed by atoms with van der Waals surface area (Å²) in [6.07, 6.45) is -2.97. The van der Waals surface area contributed by atoms with E-state index in [1.165, 1.54) is 6.07 Å². The number of anilines is 2. The molecule has 1 rings (SSSR count). The van der Waals surface area contributed by atoms with Gasteiger partial charge in [-0.2, -0.15) is 0 Å². The zero-order valence-electron chi connectivity index (χ0n) is 9.53. The molecular formula is C10H16F2N4O. The highest BCUT2D eigenvalue weighted by molar-refractivity contribution is 5.44. The molecule has 4 N–H and O–H groups in total. The van der Waals surface area contributed by atoms with Gasteiger partial charge >= 0.3 is 0 Å². The Morgan fingerprint density at radius 2 is 2.18 bits per heavy atom. The van der Waals surface area contributed by atoms with Crippen LogP contribution in [0.1, 0.15) is 19.2 Å². The topological polar surface area (TPSA) is 84.1 Å². The highest BCUT2D eigenvalue weighted by Gasteiger charge is 2.16. The van der Waals surface area contributed by atoms with E-state index < -0.39 is 12.5 Å². The number of alkyl halides is 2. The molecule has 1 heterocycles. The van der Waals surface area contributed by atoms with Crippen LogP contribution in [-0.4, -0.2) is 34.1 Å². The molecule has 1 unspecified atom stereocenters. The summed E-state index contributed by atoms with van der Waals surface area (Å²) >= 11 is 0. The van der Waals surface area contributed by atoms with E-state index >= 15 is 0 Å². The van der Waals surface area contributed by atoms with Gasteiger partial charge in [0.25, 0.3) is 6.43 Å². The third-order valence-corrected chi connectivity index (χ3v) is 2.05. The summed E-state index contributed by atoms with van der Waals surface area (Å²) in [4.78, 5) is 8.10. The summed E-state index contributed by atoms with van der Waals surface area (Å²) in [5.74, 6) is 1.18. The molecule has 7 heteroatoms. The highest BCUT2D eigenvalue weighted by atomic mass is 19.3. The van der Waals surface area contributed by atoms with E-state index in [1.54, 1.807) is 0 Å². The third kappa shape index (κ3) is 4.48. The van der Waals surface area contributed by atoms with Crippen molar-refractivity contribution in [3.8, 4) is 0 Å². The van der Waals surface area contributed by atoms with Crippen LogP contribution in [0, 0.1) is 0 Å². The van der Waals surface area contributed by atoms with Crippen molar-refractivity contribution in [3.63, 3.8) is 0 Å². The van der Waals surface area contributed by atoms with Crippen LogP contribution in [0.15, 0.2) is 6.07 Å². The smallest absolute Gasteiger partial charge is 0.265 e. The summed E-state index contributed by atoms with van der Waals surface area (Å²) in [5, 5.41) is 11.5. The molecular weight excluding hydrogens is 230 g/mol.